The molecule has 11 heteroatoms. The smallest absolute Gasteiger partial charge is 0.0701 e. The number of aliphatic hydroxyl groups is 1. The van der Waals surface area contributed by atoms with Gasteiger partial charge in [-0.1, -0.05) is 39.0 Å². The van der Waals surface area contributed by atoms with Gasteiger partial charge in [-0.05, 0) is 6.42 Å². The van der Waals surface area contributed by atoms with E-state index >= 15 is 0 Å². The molecule has 0 atom stereocenters. The van der Waals surface area contributed by atoms with Crippen LogP contribution in [-0.4, -0.2) is 144 Å². The van der Waals surface area contributed by atoms with Gasteiger partial charge >= 0.3 is 0 Å². The highest BCUT2D eigenvalue weighted by Crippen LogP contribution is 2.04. The van der Waals surface area contributed by atoms with Crippen LogP contribution in [-0.2, 0) is 47.4 Å². The molecule has 0 amide bonds. The van der Waals surface area contributed by atoms with Gasteiger partial charge in [0.05, 0.1) is 132 Å². The van der Waals surface area contributed by atoms with E-state index in [2.05, 4.69) is 6.92 Å². The SMILES string of the molecule is CCCCCCCCOCCOCCOCCOCCOCCOCCOCCOCCOCCOCCO. The molecule has 236 valence electrons. The van der Waals surface area contributed by atoms with Crippen LogP contribution in [0.3, 0.4) is 0 Å². The van der Waals surface area contributed by atoms with Gasteiger partial charge in [0.1, 0.15) is 0 Å². The number of hydrogen-bond donors (Lipinski definition) is 1. The van der Waals surface area contributed by atoms with E-state index in [4.69, 9.17) is 52.5 Å². The maximum Gasteiger partial charge on any atom is 0.0701 e. The predicted octanol–water partition coefficient (Wildman–Crippen LogP) is 2.51. The average molecular weight is 571 g/mol. The number of ether oxygens (including phenoxy) is 10. The summed E-state index contributed by atoms with van der Waals surface area (Å²) < 4.78 is 54.2. The molecule has 0 saturated carbocycles. The molecular weight excluding hydrogens is 512 g/mol. The number of aliphatic hydroxyl groups excluding tert-OH is 1. The molecule has 0 bridgehead atoms. The summed E-state index contributed by atoms with van der Waals surface area (Å²) in [7, 11) is 0. The number of unbranched alkanes of at least 4 members (excludes halogenated alkanes) is 5. The van der Waals surface area contributed by atoms with Crippen LogP contribution in [0.25, 0.3) is 0 Å². The van der Waals surface area contributed by atoms with E-state index in [0.717, 1.165) is 13.0 Å². The third kappa shape index (κ3) is 37.6. The van der Waals surface area contributed by atoms with E-state index in [1.165, 1.54) is 32.1 Å². The molecule has 0 saturated heterocycles. The van der Waals surface area contributed by atoms with E-state index in [1.807, 2.05) is 0 Å². The summed E-state index contributed by atoms with van der Waals surface area (Å²) in [6.45, 7) is 13.1. The summed E-state index contributed by atoms with van der Waals surface area (Å²) in [6, 6.07) is 0. The molecule has 1 N–H and O–H groups in total. The average Bonchev–Trinajstić information content (AvgIpc) is 2.95. The van der Waals surface area contributed by atoms with E-state index in [0.29, 0.717) is 126 Å². The maximum absolute atomic E-state index is 8.56. The van der Waals surface area contributed by atoms with Gasteiger partial charge in [0.15, 0.2) is 0 Å². The second-order valence-electron chi connectivity index (χ2n) is 8.62. The minimum atomic E-state index is 0.0303. The summed E-state index contributed by atoms with van der Waals surface area (Å²) in [4.78, 5) is 0. The van der Waals surface area contributed by atoms with E-state index in [1.54, 1.807) is 0 Å². The van der Waals surface area contributed by atoms with Crippen LogP contribution >= 0.6 is 0 Å². The van der Waals surface area contributed by atoms with Crippen molar-refractivity contribution in [3.8, 4) is 0 Å². The van der Waals surface area contributed by atoms with Crippen molar-refractivity contribution in [3.63, 3.8) is 0 Å². The highest BCUT2D eigenvalue weighted by Gasteiger charge is 1.96. The number of rotatable bonds is 36. The Labute approximate surface area is 237 Å². The molecule has 0 aliphatic heterocycles. The molecule has 0 aromatic heterocycles. The Morgan fingerprint density at radius 1 is 0.282 bits per heavy atom. The molecule has 0 spiro atoms. The lowest BCUT2D eigenvalue weighted by molar-refractivity contribution is -0.0268. The van der Waals surface area contributed by atoms with E-state index < -0.39 is 0 Å². The van der Waals surface area contributed by atoms with E-state index in [9.17, 15) is 0 Å². The molecule has 11 nitrogen and oxygen atoms in total. The minimum absolute atomic E-state index is 0.0303. The quantitative estimate of drug-likeness (QED) is 0.112. The van der Waals surface area contributed by atoms with Crippen LogP contribution in [0.15, 0.2) is 0 Å². The van der Waals surface area contributed by atoms with Crippen molar-refractivity contribution in [1.29, 1.82) is 0 Å². The first-order valence-electron chi connectivity index (χ1n) is 14.8. The standard InChI is InChI=1S/C28H58O11/c1-2-3-4-5-6-7-9-30-11-13-32-15-17-34-19-21-36-23-25-38-27-28-39-26-24-37-22-20-35-18-16-33-14-12-31-10-8-29/h29H,2-28H2,1H3. The van der Waals surface area contributed by atoms with Gasteiger partial charge < -0.3 is 52.5 Å². The third-order valence-electron chi connectivity index (χ3n) is 5.23. The van der Waals surface area contributed by atoms with Crippen molar-refractivity contribution in [1.82, 2.24) is 0 Å². The first-order valence-corrected chi connectivity index (χ1v) is 14.8. The zero-order valence-corrected chi connectivity index (χ0v) is 24.6. The molecular formula is C28H58O11. The second kappa shape index (κ2) is 37.6. The van der Waals surface area contributed by atoms with Gasteiger partial charge in [-0.3, -0.25) is 0 Å². The molecule has 39 heavy (non-hydrogen) atoms. The fourth-order valence-electron chi connectivity index (χ4n) is 3.13. The number of hydrogen-bond acceptors (Lipinski definition) is 11. The fraction of sp³-hybridized carbons (Fsp3) is 1.00. The van der Waals surface area contributed by atoms with Crippen molar-refractivity contribution in [3.05, 3.63) is 0 Å². The first kappa shape index (κ1) is 38.6. The maximum atomic E-state index is 8.56. The molecule has 0 unspecified atom stereocenters. The Morgan fingerprint density at radius 3 is 0.795 bits per heavy atom. The van der Waals surface area contributed by atoms with Crippen LogP contribution in [0.5, 0.6) is 0 Å². The van der Waals surface area contributed by atoms with Gasteiger partial charge in [0.25, 0.3) is 0 Å². The molecule has 0 radical (unpaired) electrons. The molecule has 0 aliphatic rings. The molecule has 0 aromatic rings. The van der Waals surface area contributed by atoms with Crippen LogP contribution in [0.4, 0.5) is 0 Å². The van der Waals surface area contributed by atoms with Crippen molar-refractivity contribution in [2.45, 2.75) is 45.4 Å². The summed E-state index contributed by atoms with van der Waals surface area (Å²) in [6.07, 6.45) is 7.69. The Morgan fingerprint density at radius 2 is 0.513 bits per heavy atom. The Hall–Kier alpha value is -0.440. The van der Waals surface area contributed by atoms with Gasteiger partial charge in [-0.25, -0.2) is 0 Å². The summed E-state index contributed by atoms with van der Waals surface area (Å²) >= 11 is 0. The van der Waals surface area contributed by atoms with Crippen molar-refractivity contribution >= 4 is 0 Å². The lowest BCUT2D eigenvalue weighted by Gasteiger charge is -2.09. The highest BCUT2D eigenvalue weighted by atomic mass is 16.6. The Bertz CT molecular complexity index is 383. The third-order valence-corrected chi connectivity index (χ3v) is 5.23. The zero-order chi connectivity index (χ0) is 28.2. The van der Waals surface area contributed by atoms with Gasteiger partial charge in [-0.15, -0.1) is 0 Å². The summed E-state index contributed by atoms with van der Waals surface area (Å²) in [5.41, 5.74) is 0. The largest absolute Gasteiger partial charge is 0.394 e. The van der Waals surface area contributed by atoms with Crippen LogP contribution in [0.1, 0.15) is 45.4 Å². The topological polar surface area (TPSA) is 113 Å². The molecule has 0 rings (SSSR count). The van der Waals surface area contributed by atoms with Crippen LogP contribution in [0, 0.1) is 0 Å². The Balaban J connectivity index is 3.01. The summed E-state index contributed by atoms with van der Waals surface area (Å²) in [5.74, 6) is 0. The van der Waals surface area contributed by atoms with Crippen molar-refractivity contribution < 1.29 is 52.5 Å². The van der Waals surface area contributed by atoms with Crippen LogP contribution < -0.4 is 0 Å². The lowest BCUT2D eigenvalue weighted by Crippen LogP contribution is -2.15. The zero-order valence-electron chi connectivity index (χ0n) is 24.6. The van der Waals surface area contributed by atoms with Gasteiger partial charge in [0.2, 0.25) is 0 Å². The van der Waals surface area contributed by atoms with E-state index in [-0.39, 0.29) is 6.61 Å². The highest BCUT2D eigenvalue weighted by molar-refractivity contribution is 4.44. The molecule has 0 fully saturated rings. The molecule has 0 aromatic carbocycles. The Kier molecular flexibility index (Phi) is 37.1. The van der Waals surface area contributed by atoms with Gasteiger partial charge in [-0.2, -0.15) is 0 Å². The molecule has 0 aliphatic carbocycles. The monoisotopic (exact) mass is 570 g/mol. The van der Waals surface area contributed by atoms with Crippen molar-refractivity contribution in [2.24, 2.45) is 0 Å². The second-order valence-corrected chi connectivity index (χ2v) is 8.62. The first-order chi connectivity index (χ1) is 19.4. The lowest BCUT2D eigenvalue weighted by atomic mass is 10.1. The molecule has 0 heterocycles. The normalized spacial score (nSPS) is 11.5. The summed E-state index contributed by atoms with van der Waals surface area (Å²) in [5, 5.41) is 8.56. The predicted molar refractivity (Wildman–Crippen MR) is 149 cm³/mol. The fourth-order valence-corrected chi connectivity index (χ4v) is 3.13. The van der Waals surface area contributed by atoms with Crippen molar-refractivity contribution in [2.75, 3.05) is 139 Å². The minimum Gasteiger partial charge on any atom is -0.394 e. The van der Waals surface area contributed by atoms with Crippen LogP contribution in [0.2, 0.25) is 0 Å². The van der Waals surface area contributed by atoms with Gasteiger partial charge in [0, 0.05) is 6.61 Å².